The highest BCUT2D eigenvalue weighted by molar-refractivity contribution is 7.99. The van der Waals surface area contributed by atoms with Gasteiger partial charge in [-0.15, -0.1) is 0 Å². The van der Waals surface area contributed by atoms with Gasteiger partial charge in [0.15, 0.2) is 0 Å². The zero-order valence-electron chi connectivity index (χ0n) is 7.06. The second kappa shape index (κ2) is 4.40. The number of thioether (sulfide) groups is 1. The smallest absolute Gasteiger partial charge is 0.329 e. The van der Waals surface area contributed by atoms with E-state index in [0.717, 1.165) is 18.1 Å². The van der Waals surface area contributed by atoms with Crippen molar-refractivity contribution in [1.29, 1.82) is 0 Å². The Hall–Kier alpha value is -0.640. The van der Waals surface area contributed by atoms with Gasteiger partial charge < -0.3 is 10.0 Å². The fourth-order valence-corrected chi connectivity index (χ4v) is 2.16. The number of carbonyl (C=O) groups is 1. The van der Waals surface area contributed by atoms with E-state index in [-0.39, 0.29) is 0 Å². The normalized spacial score (nSPS) is 24.8. The van der Waals surface area contributed by atoms with Gasteiger partial charge in [0.1, 0.15) is 0 Å². The summed E-state index contributed by atoms with van der Waals surface area (Å²) in [5.41, 5.74) is 0. The van der Waals surface area contributed by atoms with Gasteiger partial charge in [-0.1, -0.05) is 0 Å². The molecule has 1 atom stereocenters. The van der Waals surface area contributed by atoms with Crippen molar-refractivity contribution in [1.82, 2.24) is 4.90 Å². The molecular formula is C8H13NO2S. The van der Waals surface area contributed by atoms with Crippen molar-refractivity contribution in [3.63, 3.8) is 0 Å². The van der Waals surface area contributed by atoms with E-state index in [4.69, 9.17) is 5.11 Å². The summed E-state index contributed by atoms with van der Waals surface area (Å²) in [4.78, 5) is 12.3. The van der Waals surface area contributed by atoms with Crippen LogP contribution >= 0.6 is 11.8 Å². The molecule has 1 aliphatic heterocycles. The molecule has 1 heterocycles. The Bertz CT molecular complexity index is 193. The highest BCUT2D eigenvalue weighted by Crippen LogP contribution is 2.15. The summed E-state index contributed by atoms with van der Waals surface area (Å²) in [6.07, 6.45) is 2.87. The molecular weight excluding hydrogens is 174 g/mol. The second-order valence-electron chi connectivity index (χ2n) is 2.82. The van der Waals surface area contributed by atoms with E-state index in [1.165, 1.54) is 6.08 Å². The predicted molar refractivity (Wildman–Crippen MR) is 50.3 cm³/mol. The van der Waals surface area contributed by atoms with Gasteiger partial charge in [-0.25, -0.2) is 4.79 Å². The van der Waals surface area contributed by atoms with Crippen LogP contribution in [0.3, 0.4) is 0 Å². The van der Waals surface area contributed by atoms with Crippen molar-refractivity contribution in [2.24, 2.45) is 0 Å². The molecule has 0 aromatic heterocycles. The molecule has 3 nitrogen and oxygen atoms in total. The summed E-state index contributed by atoms with van der Waals surface area (Å²) in [7, 11) is 0. The van der Waals surface area contributed by atoms with Crippen molar-refractivity contribution in [2.45, 2.75) is 13.0 Å². The number of carboxylic acids is 1. The van der Waals surface area contributed by atoms with Gasteiger partial charge >= 0.3 is 5.97 Å². The SMILES string of the molecule is CC1CSCCN1C=CC(=O)O. The molecule has 1 fully saturated rings. The Morgan fingerprint density at radius 1 is 1.75 bits per heavy atom. The maximum absolute atomic E-state index is 10.2. The van der Waals surface area contributed by atoms with E-state index < -0.39 is 5.97 Å². The van der Waals surface area contributed by atoms with Gasteiger partial charge in [0.05, 0.1) is 0 Å². The molecule has 1 N–H and O–H groups in total. The highest BCUT2D eigenvalue weighted by atomic mass is 32.2. The van der Waals surface area contributed by atoms with E-state index in [9.17, 15) is 4.79 Å². The van der Waals surface area contributed by atoms with Crippen LogP contribution in [-0.4, -0.2) is 40.1 Å². The van der Waals surface area contributed by atoms with E-state index in [2.05, 4.69) is 11.8 Å². The van der Waals surface area contributed by atoms with Crippen LogP contribution in [0.5, 0.6) is 0 Å². The molecule has 0 saturated carbocycles. The van der Waals surface area contributed by atoms with Gasteiger partial charge in [-0.3, -0.25) is 0 Å². The standard InChI is InChI=1S/C8H13NO2S/c1-7-6-12-5-4-9(7)3-2-8(10)11/h2-3,7H,4-6H2,1H3,(H,10,11). The molecule has 0 aromatic rings. The number of nitrogens with zero attached hydrogens (tertiary/aromatic N) is 1. The molecule has 1 rings (SSSR count). The molecule has 1 aliphatic rings. The number of rotatable bonds is 2. The zero-order valence-corrected chi connectivity index (χ0v) is 7.88. The molecule has 1 saturated heterocycles. The number of hydrogen-bond acceptors (Lipinski definition) is 3. The third-order valence-electron chi connectivity index (χ3n) is 1.83. The van der Waals surface area contributed by atoms with Gasteiger partial charge in [-0.2, -0.15) is 11.8 Å². The van der Waals surface area contributed by atoms with E-state index in [1.807, 2.05) is 11.8 Å². The molecule has 0 radical (unpaired) electrons. The van der Waals surface area contributed by atoms with Crippen LogP contribution < -0.4 is 0 Å². The third-order valence-corrected chi connectivity index (χ3v) is 3.02. The lowest BCUT2D eigenvalue weighted by molar-refractivity contribution is -0.131. The lowest BCUT2D eigenvalue weighted by Gasteiger charge is -2.31. The fourth-order valence-electron chi connectivity index (χ4n) is 1.12. The van der Waals surface area contributed by atoms with Gasteiger partial charge in [0.25, 0.3) is 0 Å². The van der Waals surface area contributed by atoms with E-state index in [0.29, 0.717) is 6.04 Å². The molecule has 68 valence electrons. The first-order chi connectivity index (χ1) is 5.70. The predicted octanol–water partition coefficient (Wildman–Crippen LogP) is 1.02. The van der Waals surface area contributed by atoms with Crippen LogP contribution in [0.2, 0.25) is 0 Å². The van der Waals surface area contributed by atoms with Gasteiger partial charge in [-0.05, 0) is 6.92 Å². The van der Waals surface area contributed by atoms with Gasteiger partial charge in [0, 0.05) is 36.4 Å². The molecule has 1 unspecified atom stereocenters. The minimum absolute atomic E-state index is 0.458. The Balaban J connectivity index is 2.43. The minimum atomic E-state index is -0.875. The second-order valence-corrected chi connectivity index (χ2v) is 3.97. The lowest BCUT2D eigenvalue weighted by Crippen LogP contribution is -2.36. The Morgan fingerprint density at radius 3 is 3.08 bits per heavy atom. The number of hydrogen-bond donors (Lipinski definition) is 1. The lowest BCUT2D eigenvalue weighted by atomic mass is 10.3. The first-order valence-electron chi connectivity index (χ1n) is 3.95. The maximum atomic E-state index is 10.2. The van der Waals surface area contributed by atoms with Crippen LogP contribution in [0.25, 0.3) is 0 Å². The summed E-state index contributed by atoms with van der Waals surface area (Å²) in [5.74, 6) is 1.30. The maximum Gasteiger partial charge on any atom is 0.329 e. The summed E-state index contributed by atoms with van der Waals surface area (Å²) < 4.78 is 0. The van der Waals surface area contributed by atoms with E-state index >= 15 is 0 Å². The molecule has 0 amide bonds. The van der Waals surface area contributed by atoms with Crippen molar-refractivity contribution in [3.8, 4) is 0 Å². The molecule has 4 heteroatoms. The number of aliphatic carboxylic acids is 1. The zero-order chi connectivity index (χ0) is 8.97. The monoisotopic (exact) mass is 187 g/mol. The molecule has 0 aliphatic carbocycles. The molecule has 12 heavy (non-hydrogen) atoms. The topological polar surface area (TPSA) is 40.5 Å². The average molecular weight is 187 g/mol. The van der Waals surface area contributed by atoms with Crippen LogP contribution in [0.15, 0.2) is 12.3 Å². The van der Waals surface area contributed by atoms with E-state index in [1.54, 1.807) is 6.20 Å². The summed E-state index contributed by atoms with van der Waals surface area (Å²) in [6, 6.07) is 0.458. The Morgan fingerprint density at radius 2 is 2.50 bits per heavy atom. The van der Waals surface area contributed by atoms with Crippen LogP contribution in [0.1, 0.15) is 6.92 Å². The van der Waals surface area contributed by atoms with Crippen molar-refractivity contribution >= 4 is 17.7 Å². The van der Waals surface area contributed by atoms with Crippen molar-refractivity contribution < 1.29 is 9.90 Å². The largest absolute Gasteiger partial charge is 0.478 e. The molecule has 0 aromatic carbocycles. The highest BCUT2D eigenvalue weighted by Gasteiger charge is 2.14. The summed E-state index contributed by atoms with van der Waals surface area (Å²) in [5, 5.41) is 8.41. The summed E-state index contributed by atoms with van der Waals surface area (Å²) in [6.45, 7) is 3.06. The van der Waals surface area contributed by atoms with Gasteiger partial charge in [0.2, 0.25) is 0 Å². The Kier molecular flexibility index (Phi) is 3.47. The molecule has 0 bridgehead atoms. The van der Waals surface area contributed by atoms with Crippen LogP contribution in [0, 0.1) is 0 Å². The minimum Gasteiger partial charge on any atom is -0.478 e. The number of carboxylic acid groups (broad SMARTS) is 1. The third kappa shape index (κ3) is 2.77. The summed E-state index contributed by atoms with van der Waals surface area (Å²) >= 11 is 1.92. The quantitative estimate of drug-likeness (QED) is 0.655. The molecule has 0 spiro atoms. The van der Waals surface area contributed by atoms with Crippen molar-refractivity contribution in [2.75, 3.05) is 18.1 Å². The average Bonchev–Trinajstić information content (AvgIpc) is 2.03. The Labute approximate surface area is 76.4 Å². The first kappa shape index (κ1) is 9.45. The van der Waals surface area contributed by atoms with Crippen LogP contribution in [0.4, 0.5) is 0 Å². The van der Waals surface area contributed by atoms with Crippen molar-refractivity contribution in [3.05, 3.63) is 12.3 Å². The first-order valence-corrected chi connectivity index (χ1v) is 5.10. The van der Waals surface area contributed by atoms with Crippen LogP contribution in [-0.2, 0) is 4.79 Å². The fraction of sp³-hybridized carbons (Fsp3) is 0.625.